The van der Waals surface area contributed by atoms with Crippen LogP contribution in [0.1, 0.15) is 43.4 Å². The zero-order valence-electron chi connectivity index (χ0n) is 11.3. The second-order valence-corrected chi connectivity index (χ2v) is 5.00. The lowest BCUT2D eigenvalue weighted by molar-refractivity contribution is 0.467. The minimum atomic E-state index is 0.624. The van der Waals surface area contributed by atoms with Crippen molar-refractivity contribution in [1.29, 1.82) is 0 Å². The third-order valence-electron chi connectivity index (χ3n) is 3.38. The van der Waals surface area contributed by atoms with Gasteiger partial charge in [0, 0.05) is 6.54 Å². The van der Waals surface area contributed by atoms with E-state index in [2.05, 4.69) is 58.1 Å². The average molecular weight is 219 g/mol. The summed E-state index contributed by atoms with van der Waals surface area (Å²) in [4.78, 5) is 0. The molecule has 1 nitrogen and oxygen atoms in total. The molecule has 1 heteroatoms. The highest BCUT2D eigenvalue weighted by Gasteiger charge is 2.15. The molecule has 1 aromatic rings. The molecule has 90 valence electrons. The molecule has 1 unspecified atom stereocenters. The third-order valence-corrected chi connectivity index (χ3v) is 3.38. The highest BCUT2D eigenvalue weighted by Crippen LogP contribution is 2.25. The molecule has 1 N–H and O–H groups in total. The van der Waals surface area contributed by atoms with Crippen LogP contribution in [0, 0.1) is 19.8 Å². The fraction of sp³-hybridized carbons (Fsp3) is 0.600. The SMILES string of the molecule is CCNCC(c1ccc(C)c(C)c1)C(C)C. The van der Waals surface area contributed by atoms with E-state index in [9.17, 15) is 0 Å². The first kappa shape index (κ1) is 13.2. The van der Waals surface area contributed by atoms with Gasteiger partial charge in [-0.2, -0.15) is 0 Å². The van der Waals surface area contributed by atoms with Crippen LogP contribution in [0.15, 0.2) is 18.2 Å². The first-order valence-corrected chi connectivity index (χ1v) is 6.34. The first-order chi connectivity index (χ1) is 7.56. The zero-order chi connectivity index (χ0) is 12.1. The molecule has 0 radical (unpaired) electrons. The summed E-state index contributed by atoms with van der Waals surface area (Å²) >= 11 is 0. The van der Waals surface area contributed by atoms with Gasteiger partial charge < -0.3 is 5.32 Å². The zero-order valence-corrected chi connectivity index (χ0v) is 11.3. The number of benzene rings is 1. The molecule has 0 aromatic heterocycles. The van der Waals surface area contributed by atoms with E-state index in [1.54, 1.807) is 0 Å². The molecule has 16 heavy (non-hydrogen) atoms. The van der Waals surface area contributed by atoms with Gasteiger partial charge in [-0.15, -0.1) is 0 Å². The topological polar surface area (TPSA) is 12.0 Å². The predicted octanol–water partition coefficient (Wildman–Crippen LogP) is 3.65. The normalized spacial score (nSPS) is 13.1. The fourth-order valence-electron chi connectivity index (χ4n) is 2.03. The molecule has 1 aromatic carbocycles. The van der Waals surface area contributed by atoms with Crippen molar-refractivity contribution in [3.05, 3.63) is 34.9 Å². The average Bonchev–Trinajstić information content (AvgIpc) is 2.23. The summed E-state index contributed by atoms with van der Waals surface area (Å²) in [6.45, 7) is 13.3. The monoisotopic (exact) mass is 219 g/mol. The fourth-order valence-corrected chi connectivity index (χ4v) is 2.03. The standard InChI is InChI=1S/C15H25N/c1-6-16-10-15(11(2)3)14-8-7-12(4)13(5)9-14/h7-9,11,15-16H,6,10H2,1-5H3. The summed E-state index contributed by atoms with van der Waals surface area (Å²) in [5, 5.41) is 3.46. The van der Waals surface area contributed by atoms with Crippen LogP contribution in [0.4, 0.5) is 0 Å². The minimum absolute atomic E-state index is 0.624. The molecule has 0 aliphatic carbocycles. The summed E-state index contributed by atoms with van der Waals surface area (Å²) in [6.07, 6.45) is 0. The summed E-state index contributed by atoms with van der Waals surface area (Å²) in [7, 11) is 0. The molecule has 0 heterocycles. The molecular weight excluding hydrogens is 194 g/mol. The van der Waals surface area contributed by atoms with Crippen LogP contribution in [-0.2, 0) is 0 Å². The maximum Gasteiger partial charge on any atom is 0.00225 e. The lowest BCUT2D eigenvalue weighted by Gasteiger charge is -2.22. The molecule has 1 atom stereocenters. The van der Waals surface area contributed by atoms with E-state index in [1.165, 1.54) is 16.7 Å². The number of hydrogen-bond donors (Lipinski definition) is 1. The summed E-state index contributed by atoms with van der Waals surface area (Å²) in [5.74, 6) is 1.31. The van der Waals surface area contributed by atoms with E-state index in [0.717, 1.165) is 13.1 Å². The van der Waals surface area contributed by atoms with Crippen LogP contribution in [0.5, 0.6) is 0 Å². The Kier molecular flexibility index (Phi) is 5.01. The molecule has 0 aliphatic heterocycles. The van der Waals surface area contributed by atoms with Gasteiger partial charge in [0.2, 0.25) is 0 Å². The highest BCUT2D eigenvalue weighted by molar-refractivity contribution is 5.32. The van der Waals surface area contributed by atoms with Crippen molar-refractivity contribution < 1.29 is 0 Å². The van der Waals surface area contributed by atoms with E-state index in [1.807, 2.05) is 0 Å². The van der Waals surface area contributed by atoms with E-state index in [-0.39, 0.29) is 0 Å². The van der Waals surface area contributed by atoms with Crippen molar-refractivity contribution in [1.82, 2.24) is 5.32 Å². The Morgan fingerprint density at radius 1 is 1.12 bits per heavy atom. The molecule has 0 fully saturated rings. The molecule has 0 amide bonds. The largest absolute Gasteiger partial charge is 0.316 e. The first-order valence-electron chi connectivity index (χ1n) is 6.34. The highest BCUT2D eigenvalue weighted by atomic mass is 14.8. The van der Waals surface area contributed by atoms with E-state index in [0.29, 0.717) is 11.8 Å². The number of nitrogens with one attached hydrogen (secondary N) is 1. The Morgan fingerprint density at radius 3 is 2.31 bits per heavy atom. The van der Waals surface area contributed by atoms with E-state index >= 15 is 0 Å². The second-order valence-electron chi connectivity index (χ2n) is 5.00. The minimum Gasteiger partial charge on any atom is -0.316 e. The van der Waals surface area contributed by atoms with E-state index < -0.39 is 0 Å². The van der Waals surface area contributed by atoms with Crippen LogP contribution in [0.25, 0.3) is 0 Å². The Labute approximate surface area is 100 Å². The molecule has 0 spiro atoms. The number of likely N-dealkylation sites (N-methyl/N-ethyl adjacent to an activating group) is 1. The van der Waals surface area contributed by atoms with Crippen molar-refractivity contribution in [2.45, 2.75) is 40.5 Å². The Hall–Kier alpha value is -0.820. The maximum absolute atomic E-state index is 3.46. The summed E-state index contributed by atoms with van der Waals surface area (Å²) in [5.41, 5.74) is 4.26. The smallest absolute Gasteiger partial charge is 0.00225 e. The van der Waals surface area contributed by atoms with Crippen LogP contribution < -0.4 is 5.32 Å². The molecule has 0 saturated carbocycles. The molecule has 1 rings (SSSR count). The van der Waals surface area contributed by atoms with Crippen molar-refractivity contribution in [3.8, 4) is 0 Å². The van der Waals surface area contributed by atoms with Crippen molar-refractivity contribution in [2.75, 3.05) is 13.1 Å². The number of rotatable bonds is 5. The van der Waals surface area contributed by atoms with Gasteiger partial charge in [0.05, 0.1) is 0 Å². The van der Waals surface area contributed by atoms with Crippen LogP contribution >= 0.6 is 0 Å². The molecule has 0 bridgehead atoms. The maximum atomic E-state index is 3.46. The van der Waals surface area contributed by atoms with Gasteiger partial charge in [-0.3, -0.25) is 0 Å². The summed E-state index contributed by atoms with van der Waals surface area (Å²) < 4.78 is 0. The lowest BCUT2D eigenvalue weighted by atomic mass is 9.87. The van der Waals surface area contributed by atoms with Crippen molar-refractivity contribution in [3.63, 3.8) is 0 Å². The Balaban J connectivity index is 2.88. The van der Waals surface area contributed by atoms with Crippen molar-refractivity contribution in [2.24, 2.45) is 5.92 Å². The lowest BCUT2D eigenvalue weighted by Crippen LogP contribution is -2.24. The quantitative estimate of drug-likeness (QED) is 0.797. The van der Waals surface area contributed by atoms with Gasteiger partial charge in [-0.05, 0) is 48.9 Å². The van der Waals surface area contributed by atoms with Crippen molar-refractivity contribution >= 4 is 0 Å². The molecule has 0 saturated heterocycles. The van der Waals surface area contributed by atoms with Gasteiger partial charge in [-0.1, -0.05) is 39.0 Å². The second kappa shape index (κ2) is 6.05. The summed E-state index contributed by atoms with van der Waals surface area (Å²) in [6, 6.07) is 6.87. The van der Waals surface area contributed by atoms with E-state index in [4.69, 9.17) is 0 Å². The third kappa shape index (κ3) is 3.34. The van der Waals surface area contributed by atoms with Gasteiger partial charge >= 0.3 is 0 Å². The van der Waals surface area contributed by atoms with Crippen LogP contribution in [0.2, 0.25) is 0 Å². The Morgan fingerprint density at radius 2 is 1.81 bits per heavy atom. The Bertz CT molecular complexity index is 328. The molecular formula is C15H25N. The van der Waals surface area contributed by atoms with Gasteiger partial charge in [-0.25, -0.2) is 0 Å². The number of aryl methyl sites for hydroxylation is 2. The number of hydrogen-bond acceptors (Lipinski definition) is 1. The van der Waals surface area contributed by atoms with Gasteiger partial charge in [0.1, 0.15) is 0 Å². The van der Waals surface area contributed by atoms with Crippen LogP contribution in [0.3, 0.4) is 0 Å². The van der Waals surface area contributed by atoms with Gasteiger partial charge in [0.15, 0.2) is 0 Å². The molecule has 0 aliphatic rings. The van der Waals surface area contributed by atoms with Gasteiger partial charge in [0.25, 0.3) is 0 Å². The predicted molar refractivity (Wildman–Crippen MR) is 72.0 cm³/mol. The van der Waals surface area contributed by atoms with Crippen LogP contribution in [-0.4, -0.2) is 13.1 Å².